The normalized spacial score (nSPS) is 20.9. The third kappa shape index (κ3) is 9.48. The summed E-state index contributed by atoms with van der Waals surface area (Å²) in [4.78, 5) is 9.76. The second kappa shape index (κ2) is 8.97. The number of unbranched alkanes of at least 4 members (excludes halogenated alkanes) is 1. The molecule has 14 heavy (non-hydrogen) atoms. The van der Waals surface area contributed by atoms with E-state index >= 15 is 0 Å². The van der Waals surface area contributed by atoms with Gasteiger partial charge in [0.25, 0.3) is 0 Å². The Morgan fingerprint density at radius 2 is 2.36 bits per heavy atom. The molecule has 0 amide bonds. The number of carboxylic acid groups (broad SMARTS) is 1. The highest BCUT2D eigenvalue weighted by molar-refractivity contribution is 5.66. The van der Waals surface area contributed by atoms with Crippen LogP contribution in [0.25, 0.3) is 0 Å². The molecule has 0 bridgehead atoms. The van der Waals surface area contributed by atoms with Crippen LogP contribution in [0.2, 0.25) is 0 Å². The highest BCUT2D eigenvalue weighted by Crippen LogP contribution is 1.96. The fourth-order valence-corrected chi connectivity index (χ4v) is 1.21. The number of aliphatic carboxylic acids is 1. The first kappa shape index (κ1) is 13.4. The summed E-state index contributed by atoms with van der Waals surface area (Å²) in [5.74, 6) is -0.693. The lowest BCUT2D eigenvalue weighted by atomic mass is 10.1. The van der Waals surface area contributed by atoms with E-state index in [9.17, 15) is 4.79 Å². The molecule has 4 heteroatoms. The van der Waals surface area contributed by atoms with Crippen molar-refractivity contribution < 1.29 is 9.90 Å². The van der Waals surface area contributed by atoms with Gasteiger partial charge in [-0.15, -0.1) is 0 Å². The van der Waals surface area contributed by atoms with Gasteiger partial charge < -0.3 is 16.2 Å². The molecule has 0 spiro atoms. The van der Waals surface area contributed by atoms with Gasteiger partial charge in [0.15, 0.2) is 0 Å². The van der Waals surface area contributed by atoms with Crippen molar-refractivity contribution in [2.24, 2.45) is 5.73 Å². The molecule has 0 aliphatic carbocycles. The van der Waals surface area contributed by atoms with Gasteiger partial charge in [-0.05, 0) is 25.8 Å². The molecule has 84 valence electrons. The van der Waals surface area contributed by atoms with E-state index in [4.69, 9.17) is 10.8 Å². The van der Waals surface area contributed by atoms with Crippen molar-refractivity contribution in [1.82, 2.24) is 5.32 Å². The lowest BCUT2D eigenvalue weighted by Crippen LogP contribution is -2.39. The van der Waals surface area contributed by atoms with E-state index in [1.165, 1.54) is 12.8 Å². The van der Waals surface area contributed by atoms with Crippen molar-refractivity contribution in [3.8, 4) is 0 Å². The standard InChI is InChI=1S/C5H12N2.C5H10O2/c6-5-2-1-3-7-4-5;1-2-3-4-5(6)7/h5,7H,1-4,6H2;2-4H2,1H3,(H,6,7). The molecule has 0 aromatic carbocycles. The smallest absolute Gasteiger partial charge is 0.303 e. The van der Waals surface area contributed by atoms with Crippen molar-refractivity contribution in [2.45, 2.75) is 45.1 Å². The van der Waals surface area contributed by atoms with E-state index in [1.54, 1.807) is 0 Å². The molecule has 1 aliphatic rings. The van der Waals surface area contributed by atoms with E-state index in [1.807, 2.05) is 6.92 Å². The summed E-state index contributed by atoms with van der Waals surface area (Å²) >= 11 is 0. The Hall–Kier alpha value is -0.610. The molecular formula is C10H22N2O2. The molecule has 1 unspecified atom stereocenters. The number of piperidine rings is 1. The van der Waals surface area contributed by atoms with E-state index in [-0.39, 0.29) is 0 Å². The van der Waals surface area contributed by atoms with Crippen LogP contribution in [0, 0.1) is 0 Å². The maximum atomic E-state index is 9.76. The molecule has 1 fully saturated rings. The number of carboxylic acids is 1. The summed E-state index contributed by atoms with van der Waals surface area (Å²) in [7, 11) is 0. The summed E-state index contributed by atoms with van der Waals surface area (Å²) in [6, 6.07) is 0.425. The van der Waals surface area contributed by atoms with Crippen molar-refractivity contribution in [3.63, 3.8) is 0 Å². The zero-order chi connectivity index (χ0) is 10.8. The van der Waals surface area contributed by atoms with E-state index in [0.29, 0.717) is 12.5 Å². The summed E-state index contributed by atoms with van der Waals surface area (Å²) in [6.45, 7) is 4.15. The van der Waals surface area contributed by atoms with Crippen molar-refractivity contribution in [3.05, 3.63) is 0 Å². The van der Waals surface area contributed by atoms with Crippen LogP contribution >= 0.6 is 0 Å². The number of hydrogen-bond acceptors (Lipinski definition) is 3. The molecular weight excluding hydrogens is 180 g/mol. The minimum absolute atomic E-state index is 0.316. The van der Waals surface area contributed by atoms with Crippen LogP contribution in [-0.2, 0) is 4.79 Å². The molecule has 1 rings (SSSR count). The molecule has 1 atom stereocenters. The molecule has 4 nitrogen and oxygen atoms in total. The molecule has 1 heterocycles. The molecule has 1 saturated heterocycles. The summed E-state index contributed by atoms with van der Waals surface area (Å²) in [5, 5.41) is 11.3. The molecule has 0 radical (unpaired) electrons. The van der Waals surface area contributed by atoms with Crippen LogP contribution in [0.3, 0.4) is 0 Å². The maximum absolute atomic E-state index is 9.76. The Bertz CT molecular complexity index is 145. The van der Waals surface area contributed by atoms with Gasteiger partial charge in [-0.2, -0.15) is 0 Å². The lowest BCUT2D eigenvalue weighted by molar-refractivity contribution is -0.137. The van der Waals surface area contributed by atoms with Gasteiger partial charge in [-0.1, -0.05) is 13.3 Å². The van der Waals surface area contributed by atoms with Crippen LogP contribution < -0.4 is 11.1 Å². The third-order valence-electron chi connectivity index (χ3n) is 2.08. The molecule has 1 aliphatic heterocycles. The first-order valence-corrected chi connectivity index (χ1v) is 5.35. The zero-order valence-corrected chi connectivity index (χ0v) is 8.96. The van der Waals surface area contributed by atoms with E-state index in [0.717, 1.165) is 25.9 Å². The Morgan fingerprint density at radius 3 is 2.57 bits per heavy atom. The fourth-order valence-electron chi connectivity index (χ4n) is 1.21. The van der Waals surface area contributed by atoms with Crippen molar-refractivity contribution >= 4 is 5.97 Å². The van der Waals surface area contributed by atoms with E-state index < -0.39 is 5.97 Å². The Kier molecular flexibility index (Phi) is 8.57. The van der Waals surface area contributed by atoms with Gasteiger partial charge >= 0.3 is 5.97 Å². The SMILES string of the molecule is CCCCC(=O)O.NC1CCCNC1. The van der Waals surface area contributed by atoms with Gasteiger partial charge in [0, 0.05) is 19.0 Å². The Balaban J connectivity index is 0.000000241. The van der Waals surface area contributed by atoms with Crippen LogP contribution in [0.1, 0.15) is 39.0 Å². The predicted octanol–water partition coefficient (Wildman–Crippen LogP) is 0.958. The lowest BCUT2D eigenvalue weighted by Gasteiger charge is -2.17. The third-order valence-corrected chi connectivity index (χ3v) is 2.08. The van der Waals surface area contributed by atoms with Gasteiger partial charge in [-0.3, -0.25) is 4.79 Å². The van der Waals surface area contributed by atoms with E-state index in [2.05, 4.69) is 5.32 Å². The number of hydrogen-bond donors (Lipinski definition) is 3. The first-order chi connectivity index (χ1) is 6.66. The zero-order valence-electron chi connectivity index (χ0n) is 8.96. The molecule has 0 saturated carbocycles. The number of nitrogens with one attached hydrogen (secondary N) is 1. The Morgan fingerprint density at radius 1 is 1.64 bits per heavy atom. The highest BCUT2D eigenvalue weighted by Gasteiger charge is 2.05. The molecule has 0 aromatic heterocycles. The summed E-state index contributed by atoms with van der Waals surface area (Å²) < 4.78 is 0. The minimum Gasteiger partial charge on any atom is -0.481 e. The second-order valence-electron chi connectivity index (χ2n) is 3.60. The monoisotopic (exact) mass is 202 g/mol. The topological polar surface area (TPSA) is 75.3 Å². The van der Waals surface area contributed by atoms with Crippen LogP contribution in [0.5, 0.6) is 0 Å². The van der Waals surface area contributed by atoms with Crippen molar-refractivity contribution in [1.29, 1.82) is 0 Å². The number of rotatable bonds is 3. The predicted molar refractivity (Wildman–Crippen MR) is 57.2 cm³/mol. The van der Waals surface area contributed by atoms with Gasteiger partial charge in [0.2, 0.25) is 0 Å². The average molecular weight is 202 g/mol. The summed E-state index contributed by atoms with van der Waals surface area (Å²) in [5.41, 5.74) is 5.57. The second-order valence-corrected chi connectivity index (χ2v) is 3.60. The quantitative estimate of drug-likeness (QED) is 0.637. The molecule has 0 aromatic rings. The highest BCUT2D eigenvalue weighted by atomic mass is 16.4. The first-order valence-electron chi connectivity index (χ1n) is 5.35. The maximum Gasteiger partial charge on any atom is 0.303 e. The summed E-state index contributed by atoms with van der Waals surface area (Å²) in [6.07, 6.45) is 4.53. The van der Waals surface area contributed by atoms with Gasteiger partial charge in [-0.25, -0.2) is 0 Å². The Labute approximate surface area is 85.9 Å². The number of carbonyl (C=O) groups is 1. The minimum atomic E-state index is -0.693. The fraction of sp³-hybridized carbons (Fsp3) is 0.900. The largest absolute Gasteiger partial charge is 0.481 e. The van der Waals surface area contributed by atoms with Crippen LogP contribution in [-0.4, -0.2) is 30.2 Å². The van der Waals surface area contributed by atoms with Crippen molar-refractivity contribution in [2.75, 3.05) is 13.1 Å². The van der Waals surface area contributed by atoms with Gasteiger partial charge in [0.05, 0.1) is 0 Å². The van der Waals surface area contributed by atoms with Crippen LogP contribution in [0.4, 0.5) is 0 Å². The van der Waals surface area contributed by atoms with Gasteiger partial charge in [0.1, 0.15) is 0 Å². The average Bonchev–Trinajstić information content (AvgIpc) is 2.17. The number of nitrogens with two attached hydrogens (primary N) is 1. The van der Waals surface area contributed by atoms with Crippen LogP contribution in [0.15, 0.2) is 0 Å². The molecule has 4 N–H and O–H groups in total.